The zero-order chi connectivity index (χ0) is 9.52. The SMILES string of the molecule is CCC1CCCCC1OCCCCl. The lowest BCUT2D eigenvalue weighted by atomic mass is 9.85. The van der Waals surface area contributed by atoms with Crippen molar-refractivity contribution in [3.05, 3.63) is 0 Å². The number of ether oxygens (including phenoxy) is 1. The van der Waals surface area contributed by atoms with E-state index < -0.39 is 0 Å². The van der Waals surface area contributed by atoms with Crippen LogP contribution in [0.5, 0.6) is 0 Å². The van der Waals surface area contributed by atoms with Gasteiger partial charge >= 0.3 is 0 Å². The summed E-state index contributed by atoms with van der Waals surface area (Å²) in [4.78, 5) is 0. The van der Waals surface area contributed by atoms with Gasteiger partial charge < -0.3 is 4.74 Å². The topological polar surface area (TPSA) is 9.23 Å². The number of halogens is 1. The van der Waals surface area contributed by atoms with Gasteiger partial charge in [-0.1, -0.05) is 26.2 Å². The second kappa shape index (κ2) is 6.67. The first-order valence-electron chi connectivity index (χ1n) is 5.56. The van der Waals surface area contributed by atoms with E-state index in [9.17, 15) is 0 Å². The van der Waals surface area contributed by atoms with Crippen LogP contribution in [0.1, 0.15) is 45.4 Å². The Balaban J connectivity index is 2.19. The summed E-state index contributed by atoms with van der Waals surface area (Å²) in [5, 5.41) is 0. The van der Waals surface area contributed by atoms with E-state index in [0.29, 0.717) is 6.10 Å². The third-order valence-corrected chi connectivity index (χ3v) is 3.24. The fourth-order valence-corrected chi connectivity index (χ4v) is 2.26. The largest absolute Gasteiger partial charge is 0.378 e. The van der Waals surface area contributed by atoms with Crippen molar-refractivity contribution in [2.24, 2.45) is 5.92 Å². The molecule has 1 saturated carbocycles. The van der Waals surface area contributed by atoms with Crippen molar-refractivity contribution >= 4 is 11.6 Å². The number of rotatable bonds is 5. The van der Waals surface area contributed by atoms with Gasteiger partial charge in [-0.25, -0.2) is 0 Å². The van der Waals surface area contributed by atoms with Gasteiger partial charge in [0.2, 0.25) is 0 Å². The summed E-state index contributed by atoms with van der Waals surface area (Å²) in [5.74, 6) is 1.54. The van der Waals surface area contributed by atoms with E-state index in [-0.39, 0.29) is 0 Å². The number of hydrogen-bond acceptors (Lipinski definition) is 1. The summed E-state index contributed by atoms with van der Waals surface area (Å²) in [6.45, 7) is 3.12. The van der Waals surface area contributed by atoms with Crippen molar-refractivity contribution in [3.63, 3.8) is 0 Å². The Labute approximate surface area is 86.8 Å². The quantitative estimate of drug-likeness (QED) is 0.491. The minimum absolute atomic E-state index is 0.530. The number of alkyl halides is 1. The highest BCUT2D eigenvalue weighted by Gasteiger charge is 2.23. The van der Waals surface area contributed by atoms with Crippen LogP contribution < -0.4 is 0 Å². The van der Waals surface area contributed by atoms with E-state index in [1.54, 1.807) is 0 Å². The Bertz CT molecular complexity index is 127. The molecule has 0 aromatic heterocycles. The fourth-order valence-electron chi connectivity index (χ4n) is 2.15. The van der Waals surface area contributed by atoms with Crippen LogP contribution in [0, 0.1) is 5.92 Å². The Morgan fingerprint density at radius 2 is 2.08 bits per heavy atom. The molecular weight excluding hydrogens is 184 g/mol. The third-order valence-electron chi connectivity index (χ3n) is 2.97. The molecule has 0 bridgehead atoms. The van der Waals surface area contributed by atoms with E-state index >= 15 is 0 Å². The van der Waals surface area contributed by atoms with Gasteiger partial charge in [0, 0.05) is 12.5 Å². The third kappa shape index (κ3) is 3.86. The highest BCUT2D eigenvalue weighted by molar-refractivity contribution is 6.17. The molecule has 1 aliphatic rings. The van der Waals surface area contributed by atoms with Crippen LogP contribution in [0.2, 0.25) is 0 Å². The van der Waals surface area contributed by atoms with Crippen LogP contribution in [-0.4, -0.2) is 18.6 Å². The molecule has 0 aliphatic heterocycles. The molecule has 0 radical (unpaired) electrons. The molecule has 78 valence electrons. The van der Waals surface area contributed by atoms with Gasteiger partial charge in [0.05, 0.1) is 6.10 Å². The molecule has 0 aromatic rings. The summed E-state index contributed by atoms with van der Waals surface area (Å²) >= 11 is 5.61. The van der Waals surface area contributed by atoms with Gasteiger partial charge in [-0.15, -0.1) is 11.6 Å². The molecule has 1 aliphatic carbocycles. The van der Waals surface area contributed by atoms with Gasteiger partial charge in [-0.3, -0.25) is 0 Å². The van der Waals surface area contributed by atoms with Gasteiger partial charge in [0.25, 0.3) is 0 Å². The lowest BCUT2D eigenvalue weighted by molar-refractivity contribution is -0.0113. The molecule has 0 spiro atoms. The fraction of sp³-hybridized carbons (Fsp3) is 1.00. The Morgan fingerprint density at radius 3 is 2.77 bits per heavy atom. The molecule has 0 saturated heterocycles. The summed E-state index contributed by atoms with van der Waals surface area (Å²) in [6.07, 6.45) is 8.17. The van der Waals surface area contributed by atoms with Crippen LogP contribution >= 0.6 is 11.6 Å². The minimum Gasteiger partial charge on any atom is -0.378 e. The molecule has 0 heterocycles. The van der Waals surface area contributed by atoms with E-state index in [2.05, 4.69) is 6.92 Å². The van der Waals surface area contributed by atoms with Gasteiger partial charge in [0.15, 0.2) is 0 Å². The van der Waals surface area contributed by atoms with Crippen molar-refractivity contribution in [2.45, 2.75) is 51.6 Å². The van der Waals surface area contributed by atoms with Gasteiger partial charge in [0.1, 0.15) is 0 Å². The van der Waals surface area contributed by atoms with E-state index in [1.165, 1.54) is 32.1 Å². The van der Waals surface area contributed by atoms with E-state index in [1.807, 2.05) is 0 Å². The maximum atomic E-state index is 5.84. The zero-order valence-corrected chi connectivity index (χ0v) is 9.35. The number of hydrogen-bond donors (Lipinski definition) is 0. The van der Waals surface area contributed by atoms with Gasteiger partial charge in [-0.2, -0.15) is 0 Å². The second-order valence-corrected chi connectivity index (χ2v) is 4.28. The molecule has 2 atom stereocenters. The molecule has 1 rings (SSSR count). The van der Waals surface area contributed by atoms with Crippen LogP contribution in [0.15, 0.2) is 0 Å². The van der Waals surface area contributed by atoms with Crippen molar-refractivity contribution in [1.29, 1.82) is 0 Å². The maximum absolute atomic E-state index is 5.84. The summed E-state index contributed by atoms with van der Waals surface area (Å²) in [7, 11) is 0. The molecule has 1 nitrogen and oxygen atoms in total. The normalized spacial score (nSPS) is 29.1. The highest BCUT2D eigenvalue weighted by Crippen LogP contribution is 2.29. The highest BCUT2D eigenvalue weighted by atomic mass is 35.5. The monoisotopic (exact) mass is 204 g/mol. The lowest BCUT2D eigenvalue weighted by Crippen LogP contribution is -2.27. The Morgan fingerprint density at radius 1 is 1.31 bits per heavy atom. The van der Waals surface area contributed by atoms with Crippen molar-refractivity contribution in [1.82, 2.24) is 0 Å². The summed E-state index contributed by atoms with van der Waals surface area (Å²) in [6, 6.07) is 0. The Kier molecular flexibility index (Phi) is 5.81. The molecule has 2 heteroatoms. The van der Waals surface area contributed by atoms with Crippen LogP contribution in [-0.2, 0) is 4.74 Å². The van der Waals surface area contributed by atoms with Crippen molar-refractivity contribution in [3.8, 4) is 0 Å². The van der Waals surface area contributed by atoms with E-state index in [0.717, 1.165) is 24.8 Å². The first kappa shape index (κ1) is 11.3. The van der Waals surface area contributed by atoms with Crippen molar-refractivity contribution in [2.75, 3.05) is 12.5 Å². The molecule has 2 unspecified atom stereocenters. The second-order valence-electron chi connectivity index (χ2n) is 3.90. The predicted octanol–water partition coefficient (Wildman–Crippen LogP) is 3.60. The molecule has 0 amide bonds. The molecule has 13 heavy (non-hydrogen) atoms. The minimum atomic E-state index is 0.530. The van der Waals surface area contributed by atoms with Crippen LogP contribution in [0.4, 0.5) is 0 Å². The first-order chi connectivity index (χ1) is 6.38. The summed E-state index contributed by atoms with van der Waals surface area (Å²) < 4.78 is 5.84. The Hall–Kier alpha value is 0.250. The molecule has 1 fully saturated rings. The average molecular weight is 205 g/mol. The first-order valence-corrected chi connectivity index (χ1v) is 6.09. The smallest absolute Gasteiger partial charge is 0.0603 e. The lowest BCUT2D eigenvalue weighted by Gasteiger charge is -2.30. The maximum Gasteiger partial charge on any atom is 0.0603 e. The van der Waals surface area contributed by atoms with Crippen LogP contribution in [0.25, 0.3) is 0 Å². The van der Waals surface area contributed by atoms with Gasteiger partial charge in [-0.05, 0) is 25.2 Å². The van der Waals surface area contributed by atoms with E-state index in [4.69, 9.17) is 16.3 Å². The summed E-state index contributed by atoms with van der Waals surface area (Å²) in [5.41, 5.74) is 0. The standard InChI is InChI=1S/C11H21ClO/c1-2-10-6-3-4-7-11(10)13-9-5-8-12/h10-11H,2-9H2,1H3. The predicted molar refractivity (Wildman–Crippen MR) is 57.3 cm³/mol. The zero-order valence-electron chi connectivity index (χ0n) is 8.60. The molecular formula is C11H21ClO. The van der Waals surface area contributed by atoms with Crippen molar-refractivity contribution < 1.29 is 4.74 Å². The molecule has 0 aromatic carbocycles. The average Bonchev–Trinajstić information content (AvgIpc) is 2.19. The molecule has 0 N–H and O–H groups in total. The van der Waals surface area contributed by atoms with Crippen LogP contribution in [0.3, 0.4) is 0 Å².